The fraction of sp³-hybridized carbons (Fsp3) is 0.600. The maximum absolute atomic E-state index is 12.0. The van der Waals surface area contributed by atoms with Crippen molar-refractivity contribution >= 4 is 15.9 Å². The molecule has 1 aliphatic rings. The minimum absolute atomic E-state index is 0.0663. The molecule has 9 nitrogen and oxygen atoms in total. The number of amidine groups is 1. The molecule has 2 rings (SSSR count). The Kier molecular flexibility index (Phi) is 4.57. The molecule has 0 bridgehead atoms. The van der Waals surface area contributed by atoms with Gasteiger partial charge in [0.05, 0.1) is 19.1 Å². The summed E-state index contributed by atoms with van der Waals surface area (Å²) in [4.78, 5) is 8.29. The van der Waals surface area contributed by atoms with Gasteiger partial charge in [-0.1, -0.05) is 5.16 Å². The number of oxime groups is 1. The quantitative estimate of drug-likeness (QED) is 0.236. The predicted molar refractivity (Wildman–Crippen MR) is 71.8 cm³/mol. The Morgan fingerprint density at radius 1 is 1.60 bits per heavy atom. The largest absolute Gasteiger partial charge is 0.409 e. The molecule has 20 heavy (non-hydrogen) atoms. The van der Waals surface area contributed by atoms with Crippen LogP contribution in [-0.2, 0) is 10.0 Å². The molecule has 10 heteroatoms. The van der Waals surface area contributed by atoms with Gasteiger partial charge in [-0.3, -0.25) is 4.90 Å². The smallest absolute Gasteiger partial charge is 0.257 e. The summed E-state index contributed by atoms with van der Waals surface area (Å²) in [5.74, 6) is 0.154. The third-order valence-corrected chi connectivity index (χ3v) is 4.63. The van der Waals surface area contributed by atoms with Crippen molar-refractivity contribution in [3.8, 4) is 0 Å². The minimum Gasteiger partial charge on any atom is -0.409 e. The van der Waals surface area contributed by atoms with E-state index in [1.165, 1.54) is 12.5 Å². The highest BCUT2D eigenvalue weighted by molar-refractivity contribution is 7.89. The molecule has 0 radical (unpaired) electrons. The van der Waals surface area contributed by atoms with Crippen molar-refractivity contribution in [1.82, 2.24) is 19.6 Å². The topological polar surface area (TPSA) is 137 Å². The van der Waals surface area contributed by atoms with E-state index < -0.39 is 10.0 Å². The van der Waals surface area contributed by atoms with Crippen molar-refractivity contribution in [2.45, 2.75) is 23.9 Å². The predicted octanol–water partition coefficient (Wildman–Crippen LogP) is -1.10. The van der Waals surface area contributed by atoms with E-state index in [1.807, 2.05) is 4.90 Å². The van der Waals surface area contributed by atoms with Gasteiger partial charge in [0, 0.05) is 19.1 Å². The molecule has 0 atom stereocenters. The van der Waals surface area contributed by atoms with E-state index in [1.54, 1.807) is 0 Å². The van der Waals surface area contributed by atoms with Crippen molar-refractivity contribution in [3.63, 3.8) is 0 Å². The highest BCUT2D eigenvalue weighted by atomic mass is 32.2. The fourth-order valence-electron chi connectivity index (χ4n) is 2.14. The number of aromatic nitrogens is 2. The van der Waals surface area contributed by atoms with E-state index >= 15 is 0 Å². The van der Waals surface area contributed by atoms with E-state index in [0.29, 0.717) is 32.5 Å². The number of likely N-dealkylation sites (tertiary alicyclic amines) is 1. The molecule has 2 heterocycles. The summed E-state index contributed by atoms with van der Waals surface area (Å²) in [6.45, 7) is 1.76. The lowest BCUT2D eigenvalue weighted by atomic mass is 10.1. The van der Waals surface area contributed by atoms with Crippen LogP contribution in [0, 0.1) is 0 Å². The lowest BCUT2D eigenvalue weighted by Gasteiger charge is -2.31. The first-order valence-electron chi connectivity index (χ1n) is 6.21. The van der Waals surface area contributed by atoms with Crippen LogP contribution < -0.4 is 10.5 Å². The second-order valence-electron chi connectivity index (χ2n) is 4.68. The molecule has 0 amide bonds. The Morgan fingerprint density at radius 2 is 2.30 bits per heavy atom. The molecule has 0 unspecified atom stereocenters. The van der Waals surface area contributed by atoms with Gasteiger partial charge in [0.15, 0.2) is 10.9 Å². The maximum atomic E-state index is 12.0. The van der Waals surface area contributed by atoms with Gasteiger partial charge in [-0.2, -0.15) is 0 Å². The monoisotopic (exact) mass is 302 g/mol. The van der Waals surface area contributed by atoms with Crippen molar-refractivity contribution in [2.24, 2.45) is 10.9 Å². The SMILES string of the molecule is NC(CN1CCC(NS(=O)(=O)c2cnc[nH]2)CC1)=NO. The first-order valence-corrected chi connectivity index (χ1v) is 7.69. The van der Waals surface area contributed by atoms with Crippen molar-refractivity contribution in [3.05, 3.63) is 12.5 Å². The van der Waals surface area contributed by atoms with Gasteiger partial charge < -0.3 is 15.9 Å². The summed E-state index contributed by atoms with van der Waals surface area (Å²) in [6.07, 6.45) is 3.95. The van der Waals surface area contributed by atoms with Crippen LogP contribution in [0.4, 0.5) is 0 Å². The van der Waals surface area contributed by atoms with Crippen molar-refractivity contribution in [1.29, 1.82) is 0 Å². The maximum Gasteiger partial charge on any atom is 0.257 e. The van der Waals surface area contributed by atoms with Gasteiger partial charge in [-0.05, 0) is 12.8 Å². The van der Waals surface area contributed by atoms with Gasteiger partial charge in [0.1, 0.15) is 0 Å². The Labute approximate surface area is 116 Å². The number of H-pyrrole nitrogens is 1. The Morgan fingerprint density at radius 3 is 2.85 bits per heavy atom. The molecule has 0 aliphatic carbocycles. The number of imidazole rings is 1. The van der Waals surface area contributed by atoms with E-state index in [9.17, 15) is 8.42 Å². The van der Waals surface area contributed by atoms with Crippen LogP contribution in [-0.4, -0.2) is 60.0 Å². The van der Waals surface area contributed by atoms with E-state index in [4.69, 9.17) is 10.9 Å². The molecular weight excluding hydrogens is 284 g/mol. The standard InChI is InChI=1S/C10H18N6O3S/c11-9(14-17)6-16-3-1-8(2-4-16)15-20(18,19)10-5-12-7-13-10/h5,7-8,15,17H,1-4,6H2,(H2,11,14)(H,12,13). The third kappa shape index (κ3) is 3.68. The summed E-state index contributed by atoms with van der Waals surface area (Å²) >= 11 is 0. The van der Waals surface area contributed by atoms with Gasteiger partial charge in [0.25, 0.3) is 10.0 Å². The molecule has 1 saturated heterocycles. The number of rotatable bonds is 5. The van der Waals surface area contributed by atoms with E-state index in [-0.39, 0.29) is 16.9 Å². The van der Waals surface area contributed by atoms with Crippen molar-refractivity contribution < 1.29 is 13.6 Å². The second-order valence-corrected chi connectivity index (χ2v) is 6.36. The van der Waals surface area contributed by atoms with Crippen LogP contribution in [0.3, 0.4) is 0 Å². The molecule has 1 fully saturated rings. The van der Waals surface area contributed by atoms with Crippen LogP contribution in [0.15, 0.2) is 22.7 Å². The van der Waals surface area contributed by atoms with E-state index in [2.05, 4.69) is 19.8 Å². The van der Waals surface area contributed by atoms with Gasteiger partial charge in [-0.15, -0.1) is 0 Å². The average Bonchev–Trinajstić information content (AvgIpc) is 2.95. The van der Waals surface area contributed by atoms with Gasteiger partial charge >= 0.3 is 0 Å². The summed E-state index contributed by atoms with van der Waals surface area (Å²) in [5.41, 5.74) is 5.44. The molecule has 0 aromatic carbocycles. The molecule has 0 spiro atoms. The van der Waals surface area contributed by atoms with Gasteiger partial charge in [0.2, 0.25) is 0 Å². The summed E-state index contributed by atoms with van der Waals surface area (Å²) < 4.78 is 26.6. The highest BCUT2D eigenvalue weighted by Gasteiger charge is 2.25. The number of nitrogens with zero attached hydrogens (tertiary/aromatic N) is 3. The molecule has 1 aliphatic heterocycles. The number of sulfonamides is 1. The number of nitrogens with one attached hydrogen (secondary N) is 2. The number of piperidine rings is 1. The molecular formula is C10H18N6O3S. The zero-order valence-corrected chi connectivity index (χ0v) is 11.7. The molecule has 5 N–H and O–H groups in total. The van der Waals surface area contributed by atoms with Crippen LogP contribution in [0.25, 0.3) is 0 Å². The summed E-state index contributed by atoms with van der Waals surface area (Å²) in [5, 5.41) is 11.5. The Bertz CT molecular complexity index is 548. The first kappa shape index (κ1) is 14.8. The normalized spacial score (nSPS) is 19.3. The Balaban J connectivity index is 1.86. The zero-order chi connectivity index (χ0) is 14.6. The molecule has 112 valence electrons. The lowest BCUT2D eigenvalue weighted by molar-refractivity contribution is 0.228. The highest BCUT2D eigenvalue weighted by Crippen LogP contribution is 2.13. The minimum atomic E-state index is -3.54. The Hall–Kier alpha value is -1.65. The second kappa shape index (κ2) is 6.20. The zero-order valence-electron chi connectivity index (χ0n) is 10.9. The van der Waals surface area contributed by atoms with Gasteiger partial charge in [-0.25, -0.2) is 18.1 Å². The molecule has 0 saturated carbocycles. The molecule has 1 aromatic heterocycles. The van der Waals surface area contributed by atoms with Crippen molar-refractivity contribution in [2.75, 3.05) is 19.6 Å². The number of hydrogen-bond acceptors (Lipinski definition) is 6. The van der Waals surface area contributed by atoms with Crippen LogP contribution >= 0.6 is 0 Å². The lowest BCUT2D eigenvalue weighted by Crippen LogP contribution is -2.46. The summed E-state index contributed by atoms with van der Waals surface area (Å²) in [6, 6.07) is -0.119. The summed E-state index contributed by atoms with van der Waals surface area (Å²) in [7, 11) is -3.54. The number of nitrogens with two attached hydrogens (primary N) is 1. The third-order valence-electron chi connectivity index (χ3n) is 3.19. The number of hydrogen-bond donors (Lipinski definition) is 4. The fourth-order valence-corrected chi connectivity index (χ4v) is 3.35. The first-order chi connectivity index (χ1) is 9.51. The van der Waals surface area contributed by atoms with Crippen LogP contribution in [0.2, 0.25) is 0 Å². The molecule has 1 aromatic rings. The van der Waals surface area contributed by atoms with E-state index in [0.717, 1.165) is 0 Å². The van der Waals surface area contributed by atoms with Crippen LogP contribution in [0.5, 0.6) is 0 Å². The van der Waals surface area contributed by atoms with Crippen LogP contribution in [0.1, 0.15) is 12.8 Å². The average molecular weight is 302 g/mol. The number of aromatic amines is 1.